The Kier molecular flexibility index (Phi) is 6.77. The molecule has 6 heteroatoms. The first-order chi connectivity index (χ1) is 15.1. The van der Waals surface area contributed by atoms with E-state index in [0.29, 0.717) is 13.2 Å². The van der Waals surface area contributed by atoms with Crippen molar-refractivity contribution in [1.82, 2.24) is 15.6 Å². The summed E-state index contributed by atoms with van der Waals surface area (Å²) in [6.07, 6.45) is 2.01. The van der Waals surface area contributed by atoms with Crippen LogP contribution in [0.25, 0.3) is 10.9 Å². The fraction of sp³-hybridized carbons (Fsp3) is 0.400. The third kappa shape index (κ3) is 5.20. The highest BCUT2D eigenvalue weighted by atomic mass is 16.5. The number of hydrogen-bond acceptors (Lipinski definition) is 3. The standard InChI is InChI=1S/C25H32N4O2/c1-17-8-9-19(24(14-17)31-20-11-13-30-16-20)15-28-25(26-3)27-12-10-21-18(2)29-23-7-5-4-6-22(21)23/h4-9,14,20,29H,10-13,15-16H2,1-3H3,(H2,26,27,28). The number of aryl methyl sites for hydroxylation is 2. The molecule has 31 heavy (non-hydrogen) atoms. The summed E-state index contributed by atoms with van der Waals surface area (Å²) >= 11 is 0. The summed E-state index contributed by atoms with van der Waals surface area (Å²) in [4.78, 5) is 7.85. The number of nitrogens with zero attached hydrogens (tertiary/aromatic N) is 1. The third-order valence-electron chi connectivity index (χ3n) is 5.77. The van der Waals surface area contributed by atoms with Crippen LogP contribution in [0.2, 0.25) is 0 Å². The van der Waals surface area contributed by atoms with Gasteiger partial charge in [0.2, 0.25) is 0 Å². The highest BCUT2D eigenvalue weighted by Gasteiger charge is 2.19. The number of ether oxygens (including phenoxy) is 2. The SMILES string of the molecule is CN=C(NCCc1c(C)[nH]c2ccccc12)NCc1ccc(C)cc1OC1CCOC1. The fourth-order valence-corrected chi connectivity index (χ4v) is 4.07. The first-order valence-electron chi connectivity index (χ1n) is 11.0. The van der Waals surface area contributed by atoms with Crippen LogP contribution in [0.15, 0.2) is 47.5 Å². The molecule has 0 spiro atoms. The molecule has 3 N–H and O–H groups in total. The van der Waals surface area contributed by atoms with Gasteiger partial charge in [0.15, 0.2) is 5.96 Å². The van der Waals surface area contributed by atoms with Crippen LogP contribution in [0.3, 0.4) is 0 Å². The number of para-hydroxylation sites is 1. The van der Waals surface area contributed by atoms with Gasteiger partial charge in [0.05, 0.1) is 13.2 Å². The van der Waals surface area contributed by atoms with Crippen LogP contribution in [-0.2, 0) is 17.7 Å². The molecule has 1 aliphatic rings. The number of aromatic nitrogens is 1. The molecule has 1 aliphatic heterocycles. The van der Waals surface area contributed by atoms with Crippen LogP contribution in [0.5, 0.6) is 5.75 Å². The monoisotopic (exact) mass is 420 g/mol. The topological polar surface area (TPSA) is 70.7 Å². The molecule has 4 rings (SSSR count). The molecule has 2 heterocycles. The molecular formula is C25H32N4O2. The normalized spacial score (nSPS) is 16.6. The molecule has 1 atom stereocenters. The van der Waals surface area contributed by atoms with Crippen molar-refractivity contribution in [2.24, 2.45) is 4.99 Å². The van der Waals surface area contributed by atoms with Gasteiger partial charge in [-0.25, -0.2) is 0 Å². The number of hydrogen-bond donors (Lipinski definition) is 3. The van der Waals surface area contributed by atoms with Crippen molar-refractivity contribution >= 4 is 16.9 Å². The third-order valence-corrected chi connectivity index (χ3v) is 5.77. The van der Waals surface area contributed by atoms with E-state index in [1.165, 1.54) is 27.7 Å². The summed E-state index contributed by atoms with van der Waals surface area (Å²) in [5, 5.41) is 8.15. The van der Waals surface area contributed by atoms with Crippen LogP contribution in [-0.4, -0.2) is 43.9 Å². The highest BCUT2D eigenvalue weighted by molar-refractivity contribution is 5.84. The maximum atomic E-state index is 6.21. The zero-order valence-electron chi connectivity index (χ0n) is 18.6. The van der Waals surface area contributed by atoms with E-state index >= 15 is 0 Å². The average Bonchev–Trinajstić information content (AvgIpc) is 3.39. The Morgan fingerprint density at radius 3 is 2.87 bits per heavy atom. The Balaban J connectivity index is 1.34. The zero-order valence-corrected chi connectivity index (χ0v) is 18.6. The molecule has 0 bridgehead atoms. The van der Waals surface area contributed by atoms with E-state index in [1.54, 1.807) is 7.05 Å². The second-order valence-corrected chi connectivity index (χ2v) is 8.09. The molecule has 0 aliphatic carbocycles. The van der Waals surface area contributed by atoms with Crippen LogP contribution in [0.1, 0.15) is 28.8 Å². The molecule has 1 fully saturated rings. The first kappa shape index (κ1) is 21.2. The lowest BCUT2D eigenvalue weighted by atomic mass is 10.1. The van der Waals surface area contributed by atoms with E-state index in [1.807, 2.05) is 0 Å². The van der Waals surface area contributed by atoms with Gasteiger partial charge >= 0.3 is 0 Å². The summed E-state index contributed by atoms with van der Waals surface area (Å²) < 4.78 is 11.7. The lowest BCUT2D eigenvalue weighted by molar-refractivity contribution is 0.140. The van der Waals surface area contributed by atoms with Crippen LogP contribution in [0, 0.1) is 13.8 Å². The lowest BCUT2D eigenvalue weighted by Gasteiger charge is -2.18. The fourth-order valence-electron chi connectivity index (χ4n) is 4.07. The van der Waals surface area contributed by atoms with Gasteiger partial charge in [0, 0.05) is 48.7 Å². The summed E-state index contributed by atoms with van der Waals surface area (Å²) in [5.74, 6) is 1.71. The molecule has 1 saturated heterocycles. The van der Waals surface area contributed by atoms with Crippen LogP contribution < -0.4 is 15.4 Å². The predicted molar refractivity (Wildman–Crippen MR) is 126 cm³/mol. The Hall–Kier alpha value is -2.99. The number of guanidine groups is 1. The van der Waals surface area contributed by atoms with E-state index in [9.17, 15) is 0 Å². The van der Waals surface area contributed by atoms with E-state index in [4.69, 9.17) is 9.47 Å². The molecule has 1 aromatic heterocycles. The van der Waals surface area contributed by atoms with Gasteiger partial charge in [-0.15, -0.1) is 0 Å². The van der Waals surface area contributed by atoms with Crippen LogP contribution in [0.4, 0.5) is 0 Å². The summed E-state index contributed by atoms with van der Waals surface area (Å²) in [6, 6.07) is 14.8. The average molecular weight is 421 g/mol. The molecule has 164 valence electrons. The van der Waals surface area contributed by atoms with Gasteiger partial charge in [-0.1, -0.05) is 30.3 Å². The minimum Gasteiger partial charge on any atom is -0.488 e. The molecule has 6 nitrogen and oxygen atoms in total. The predicted octanol–water partition coefficient (Wildman–Crippen LogP) is 3.86. The van der Waals surface area contributed by atoms with Crippen molar-refractivity contribution in [1.29, 1.82) is 0 Å². The molecule has 0 radical (unpaired) electrons. The van der Waals surface area contributed by atoms with Crippen molar-refractivity contribution in [2.45, 2.75) is 39.3 Å². The van der Waals surface area contributed by atoms with Gasteiger partial charge in [-0.05, 0) is 43.5 Å². The van der Waals surface area contributed by atoms with Crippen molar-refractivity contribution in [2.75, 3.05) is 26.8 Å². The molecule has 0 saturated carbocycles. The van der Waals surface area contributed by atoms with E-state index in [-0.39, 0.29) is 6.10 Å². The number of aliphatic imine (C=N–C) groups is 1. The molecule has 1 unspecified atom stereocenters. The largest absolute Gasteiger partial charge is 0.488 e. The molecule has 2 aromatic carbocycles. The molecule has 0 amide bonds. The van der Waals surface area contributed by atoms with Crippen molar-refractivity contribution < 1.29 is 9.47 Å². The first-order valence-corrected chi connectivity index (χ1v) is 11.0. The zero-order chi connectivity index (χ0) is 21.6. The van der Waals surface area contributed by atoms with Gasteiger partial charge in [0.1, 0.15) is 11.9 Å². The minimum atomic E-state index is 0.136. The second-order valence-electron chi connectivity index (χ2n) is 8.09. The van der Waals surface area contributed by atoms with Gasteiger partial charge in [-0.3, -0.25) is 4.99 Å². The number of nitrogens with one attached hydrogen (secondary N) is 3. The number of aromatic amines is 1. The second kappa shape index (κ2) is 9.88. The lowest BCUT2D eigenvalue weighted by Crippen LogP contribution is -2.38. The summed E-state index contributed by atoms with van der Waals surface area (Å²) in [5.41, 5.74) is 6.08. The maximum Gasteiger partial charge on any atom is 0.191 e. The number of H-pyrrole nitrogens is 1. The van der Waals surface area contributed by atoms with Crippen molar-refractivity contribution in [3.63, 3.8) is 0 Å². The Labute approximate surface area is 184 Å². The molecular weight excluding hydrogens is 388 g/mol. The van der Waals surface area contributed by atoms with Crippen molar-refractivity contribution in [3.8, 4) is 5.75 Å². The van der Waals surface area contributed by atoms with Crippen LogP contribution >= 0.6 is 0 Å². The van der Waals surface area contributed by atoms with E-state index in [0.717, 1.165) is 43.3 Å². The maximum absolute atomic E-state index is 6.21. The minimum absolute atomic E-state index is 0.136. The Bertz CT molecular complexity index is 1050. The molecule has 3 aromatic rings. The highest BCUT2D eigenvalue weighted by Crippen LogP contribution is 2.24. The summed E-state index contributed by atoms with van der Waals surface area (Å²) in [6.45, 7) is 7.11. The number of fused-ring (bicyclic) bond motifs is 1. The van der Waals surface area contributed by atoms with Crippen molar-refractivity contribution in [3.05, 3.63) is 64.8 Å². The number of benzene rings is 2. The Morgan fingerprint density at radius 2 is 2.06 bits per heavy atom. The van der Waals surface area contributed by atoms with Gasteiger partial charge in [0.25, 0.3) is 0 Å². The van der Waals surface area contributed by atoms with E-state index < -0.39 is 0 Å². The summed E-state index contributed by atoms with van der Waals surface area (Å²) in [7, 11) is 1.80. The number of rotatable bonds is 7. The smallest absolute Gasteiger partial charge is 0.191 e. The van der Waals surface area contributed by atoms with E-state index in [2.05, 4.69) is 76.9 Å². The van der Waals surface area contributed by atoms with Gasteiger partial charge < -0.3 is 25.1 Å². The quantitative estimate of drug-likeness (QED) is 0.401. The Morgan fingerprint density at radius 1 is 1.19 bits per heavy atom. The van der Waals surface area contributed by atoms with Gasteiger partial charge in [-0.2, -0.15) is 0 Å².